The van der Waals surface area contributed by atoms with E-state index in [1.54, 1.807) is 6.07 Å². The maximum absolute atomic E-state index is 14.0. The van der Waals surface area contributed by atoms with Gasteiger partial charge in [-0.1, -0.05) is 20.8 Å². The fraction of sp³-hybridized carbons (Fsp3) is 0.714. The van der Waals surface area contributed by atoms with Crippen molar-refractivity contribution in [2.75, 3.05) is 6.61 Å². The molecule has 23 heavy (non-hydrogen) atoms. The van der Waals surface area contributed by atoms with Crippen LogP contribution in [0.15, 0.2) is 12.1 Å². The molecular formula is C21H31FO. The highest BCUT2D eigenvalue weighted by Gasteiger charge is 2.36. The molecular weight excluding hydrogens is 287 g/mol. The minimum absolute atomic E-state index is 0.140. The Kier molecular flexibility index (Phi) is 4.71. The average Bonchev–Trinajstić information content (AvgIpc) is 3.24. The molecule has 1 aromatic rings. The predicted molar refractivity (Wildman–Crippen MR) is 93.5 cm³/mol. The van der Waals surface area contributed by atoms with Crippen LogP contribution in [0.2, 0.25) is 0 Å². The van der Waals surface area contributed by atoms with Crippen molar-refractivity contribution in [3.05, 3.63) is 29.1 Å². The molecule has 0 amide bonds. The third-order valence-electron chi connectivity index (χ3n) is 5.63. The molecule has 2 aliphatic rings. The lowest BCUT2D eigenvalue weighted by molar-refractivity contribution is 0.159. The molecule has 0 aromatic heterocycles. The Hall–Kier alpha value is -1.05. The molecule has 2 atom stereocenters. The second kappa shape index (κ2) is 6.45. The second-order valence-electron chi connectivity index (χ2n) is 8.75. The van der Waals surface area contributed by atoms with Gasteiger partial charge in [0, 0.05) is 11.5 Å². The van der Waals surface area contributed by atoms with Crippen molar-refractivity contribution in [3.8, 4) is 5.75 Å². The van der Waals surface area contributed by atoms with E-state index in [1.807, 2.05) is 13.0 Å². The van der Waals surface area contributed by atoms with E-state index in [-0.39, 0.29) is 11.2 Å². The number of halogens is 1. The molecule has 0 aliphatic heterocycles. The molecule has 2 heteroatoms. The van der Waals surface area contributed by atoms with Crippen LogP contribution >= 0.6 is 0 Å². The van der Waals surface area contributed by atoms with Crippen molar-refractivity contribution in [2.24, 2.45) is 17.3 Å². The highest BCUT2D eigenvalue weighted by Crippen LogP contribution is 2.47. The molecule has 128 valence electrons. The summed E-state index contributed by atoms with van der Waals surface area (Å²) in [4.78, 5) is 0. The standard InChI is InChI=1S/C21H31FO/c1-14(2)9-16-7-8-21(4,12-16)13-23-20-11-19(22)15(3)10-18(20)17-5-6-17/h10-11,14,16-17H,5-9,12-13H2,1-4H3. The number of rotatable bonds is 6. The molecule has 0 N–H and O–H groups in total. The first kappa shape index (κ1) is 16.8. The number of hydrogen-bond acceptors (Lipinski definition) is 1. The van der Waals surface area contributed by atoms with Crippen LogP contribution in [0.5, 0.6) is 5.75 Å². The molecule has 1 nitrogen and oxygen atoms in total. The van der Waals surface area contributed by atoms with Gasteiger partial charge in [-0.3, -0.25) is 0 Å². The number of aryl methyl sites for hydroxylation is 1. The van der Waals surface area contributed by atoms with E-state index in [0.717, 1.165) is 29.8 Å². The largest absolute Gasteiger partial charge is 0.493 e. The van der Waals surface area contributed by atoms with Gasteiger partial charge in [0.1, 0.15) is 11.6 Å². The highest BCUT2D eigenvalue weighted by molar-refractivity contribution is 5.42. The summed E-state index contributed by atoms with van der Waals surface area (Å²) in [6.45, 7) is 9.53. The summed E-state index contributed by atoms with van der Waals surface area (Å²) in [5.74, 6) is 2.86. The molecule has 0 spiro atoms. The first-order valence-electron chi connectivity index (χ1n) is 9.29. The van der Waals surface area contributed by atoms with Crippen LogP contribution in [0.1, 0.15) is 76.3 Å². The van der Waals surface area contributed by atoms with Gasteiger partial charge in [-0.2, -0.15) is 0 Å². The van der Waals surface area contributed by atoms with Gasteiger partial charge in [-0.15, -0.1) is 0 Å². The van der Waals surface area contributed by atoms with E-state index in [4.69, 9.17) is 4.74 Å². The van der Waals surface area contributed by atoms with Crippen LogP contribution in [0, 0.1) is 30.0 Å². The molecule has 2 unspecified atom stereocenters. The molecule has 2 saturated carbocycles. The summed E-state index contributed by atoms with van der Waals surface area (Å²) in [6, 6.07) is 3.62. The van der Waals surface area contributed by atoms with Crippen LogP contribution < -0.4 is 4.74 Å². The highest BCUT2D eigenvalue weighted by atomic mass is 19.1. The third-order valence-corrected chi connectivity index (χ3v) is 5.63. The lowest BCUT2D eigenvalue weighted by Gasteiger charge is -2.26. The zero-order valence-corrected chi connectivity index (χ0v) is 15.1. The Bertz CT molecular complexity index is 561. The van der Waals surface area contributed by atoms with Crippen molar-refractivity contribution in [3.63, 3.8) is 0 Å². The fourth-order valence-electron chi connectivity index (χ4n) is 4.23. The Morgan fingerprint density at radius 2 is 2.00 bits per heavy atom. The zero-order chi connectivity index (χ0) is 16.6. The Balaban J connectivity index is 1.65. The lowest BCUT2D eigenvalue weighted by Crippen LogP contribution is -2.22. The van der Waals surface area contributed by atoms with Crippen molar-refractivity contribution in [2.45, 2.75) is 72.1 Å². The quantitative estimate of drug-likeness (QED) is 0.603. The molecule has 0 heterocycles. The van der Waals surface area contributed by atoms with E-state index in [2.05, 4.69) is 20.8 Å². The van der Waals surface area contributed by atoms with E-state index in [9.17, 15) is 4.39 Å². The van der Waals surface area contributed by atoms with E-state index < -0.39 is 0 Å². The van der Waals surface area contributed by atoms with Crippen LogP contribution in [-0.2, 0) is 0 Å². The lowest BCUT2D eigenvalue weighted by atomic mass is 9.87. The van der Waals surface area contributed by atoms with Gasteiger partial charge in [0.05, 0.1) is 6.61 Å². The zero-order valence-electron chi connectivity index (χ0n) is 15.1. The van der Waals surface area contributed by atoms with Gasteiger partial charge in [-0.25, -0.2) is 4.39 Å². The van der Waals surface area contributed by atoms with Gasteiger partial charge in [-0.05, 0) is 80.4 Å². The van der Waals surface area contributed by atoms with Gasteiger partial charge >= 0.3 is 0 Å². The predicted octanol–water partition coefficient (Wildman–Crippen LogP) is 6.24. The van der Waals surface area contributed by atoms with Gasteiger partial charge < -0.3 is 4.74 Å². The molecule has 1 aromatic carbocycles. The first-order valence-corrected chi connectivity index (χ1v) is 9.29. The molecule has 0 radical (unpaired) electrons. The molecule has 0 saturated heterocycles. The Labute approximate surface area is 140 Å². The topological polar surface area (TPSA) is 9.23 Å². The minimum atomic E-state index is -0.140. The monoisotopic (exact) mass is 318 g/mol. The molecule has 2 aliphatic carbocycles. The summed E-state index contributed by atoms with van der Waals surface area (Å²) >= 11 is 0. The van der Waals surface area contributed by atoms with Gasteiger partial charge in [0.2, 0.25) is 0 Å². The maximum atomic E-state index is 14.0. The van der Waals surface area contributed by atoms with Crippen molar-refractivity contribution >= 4 is 0 Å². The van der Waals surface area contributed by atoms with Crippen LogP contribution in [0.25, 0.3) is 0 Å². The first-order chi connectivity index (χ1) is 10.9. The van der Waals surface area contributed by atoms with E-state index in [1.165, 1.54) is 44.1 Å². The summed E-state index contributed by atoms with van der Waals surface area (Å²) in [6.07, 6.45) is 7.55. The van der Waals surface area contributed by atoms with Crippen LogP contribution in [0.4, 0.5) is 4.39 Å². The number of benzene rings is 1. The molecule has 0 bridgehead atoms. The normalized spacial score (nSPS) is 27.7. The fourth-order valence-corrected chi connectivity index (χ4v) is 4.23. The Morgan fingerprint density at radius 3 is 2.65 bits per heavy atom. The van der Waals surface area contributed by atoms with E-state index in [0.29, 0.717) is 5.92 Å². The maximum Gasteiger partial charge on any atom is 0.129 e. The number of hydrogen-bond donors (Lipinski definition) is 0. The SMILES string of the molecule is Cc1cc(C2CC2)c(OCC2(C)CCC(CC(C)C)C2)cc1F. The average molecular weight is 318 g/mol. The van der Waals surface area contributed by atoms with Crippen LogP contribution in [0.3, 0.4) is 0 Å². The van der Waals surface area contributed by atoms with Crippen molar-refractivity contribution in [1.82, 2.24) is 0 Å². The summed E-state index contributed by atoms with van der Waals surface area (Å²) in [5, 5.41) is 0. The minimum Gasteiger partial charge on any atom is -0.493 e. The van der Waals surface area contributed by atoms with Crippen molar-refractivity contribution in [1.29, 1.82) is 0 Å². The summed E-state index contributed by atoms with van der Waals surface area (Å²) in [7, 11) is 0. The van der Waals surface area contributed by atoms with Crippen molar-refractivity contribution < 1.29 is 9.13 Å². The summed E-state index contributed by atoms with van der Waals surface area (Å²) < 4.78 is 20.1. The van der Waals surface area contributed by atoms with Gasteiger partial charge in [0.25, 0.3) is 0 Å². The van der Waals surface area contributed by atoms with Gasteiger partial charge in [0.15, 0.2) is 0 Å². The second-order valence-corrected chi connectivity index (χ2v) is 8.75. The summed E-state index contributed by atoms with van der Waals surface area (Å²) in [5.41, 5.74) is 2.22. The third kappa shape index (κ3) is 4.08. The van der Waals surface area contributed by atoms with Crippen LogP contribution in [-0.4, -0.2) is 6.61 Å². The molecule has 2 fully saturated rings. The smallest absolute Gasteiger partial charge is 0.129 e. The number of ether oxygens (including phenoxy) is 1. The van der Waals surface area contributed by atoms with E-state index >= 15 is 0 Å². The Morgan fingerprint density at radius 1 is 1.26 bits per heavy atom. The molecule has 3 rings (SSSR count).